The van der Waals surface area contributed by atoms with Gasteiger partial charge in [-0.25, -0.2) is 4.68 Å². The molecule has 2 aromatic rings. The Morgan fingerprint density at radius 2 is 2.35 bits per heavy atom. The lowest BCUT2D eigenvalue weighted by atomic mass is 10.1. The third-order valence-electron chi connectivity index (χ3n) is 3.96. The zero-order valence-electron chi connectivity index (χ0n) is 11.0. The predicted molar refractivity (Wildman–Crippen MR) is 74.7 cm³/mol. The van der Waals surface area contributed by atoms with Crippen LogP contribution < -0.4 is 5.32 Å². The fourth-order valence-corrected chi connectivity index (χ4v) is 3.49. The molecule has 4 heterocycles. The van der Waals surface area contributed by atoms with Gasteiger partial charge in [0.25, 0.3) is 5.91 Å². The van der Waals surface area contributed by atoms with Crippen LogP contribution in [0, 0.1) is 0 Å². The molecule has 0 unspecified atom stereocenters. The van der Waals surface area contributed by atoms with Crippen LogP contribution in [-0.2, 0) is 13.0 Å². The molecule has 0 aliphatic carbocycles. The maximum atomic E-state index is 12.5. The molecule has 7 heteroatoms. The van der Waals surface area contributed by atoms with Crippen LogP contribution in [0.1, 0.15) is 27.0 Å². The van der Waals surface area contributed by atoms with E-state index in [4.69, 9.17) is 0 Å². The molecular weight excluding hydrogens is 274 g/mol. The zero-order chi connectivity index (χ0) is 13.5. The second-order valence-electron chi connectivity index (χ2n) is 5.24. The molecule has 6 nitrogen and oxygen atoms in total. The average Bonchev–Trinajstić information content (AvgIpc) is 3.03. The normalized spacial score (nSPS) is 18.7. The van der Waals surface area contributed by atoms with E-state index in [9.17, 15) is 4.79 Å². The topological polar surface area (TPSA) is 63.1 Å². The number of thiophene rings is 1. The molecular formula is C13H15N5OS. The van der Waals surface area contributed by atoms with Gasteiger partial charge in [0.2, 0.25) is 0 Å². The van der Waals surface area contributed by atoms with Gasteiger partial charge >= 0.3 is 0 Å². The van der Waals surface area contributed by atoms with Crippen molar-refractivity contribution in [2.75, 3.05) is 19.6 Å². The van der Waals surface area contributed by atoms with Gasteiger partial charge in [0.15, 0.2) is 5.69 Å². The Hall–Kier alpha value is -1.73. The number of nitrogens with one attached hydrogen (secondary N) is 1. The summed E-state index contributed by atoms with van der Waals surface area (Å²) in [5, 5.41) is 13.4. The first kappa shape index (κ1) is 12.0. The van der Waals surface area contributed by atoms with Crippen molar-refractivity contribution in [1.82, 2.24) is 25.2 Å². The number of fused-ring (bicyclic) bond motifs is 1. The zero-order valence-corrected chi connectivity index (χ0v) is 11.8. The van der Waals surface area contributed by atoms with Gasteiger partial charge in [0.1, 0.15) is 0 Å². The lowest BCUT2D eigenvalue weighted by Crippen LogP contribution is -2.43. The summed E-state index contributed by atoms with van der Waals surface area (Å²) in [4.78, 5) is 15.7. The highest BCUT2D eigenvalue weighted by Gasteiger charge is 2.26. The van der Waals surface area contributed by atoms with Crippen LogP contribution in [0.15, 0.2) is 17.6 Å². The van der Waals surface area contributed by atoms with E-state index in [0.29, 0.717) is 18.3 Å². The van der Waals surface area contributed by atoms with Crippen molar-refractivity contribution in [1.29, 1.82) is 0 Å². The van der Waals surface area contributed by atoms with Gasteiger partial charge in [-0.3, -0.25) is 4.79 Å². The molecule has 2 aliphatic heterocycles. The molecule has 20 heavy (non-hydrogen) atoms. The van der Waals surface area contributed by atoms with E-state index < -0.39 is 0 Å². The molecule has 0 bridgehead atoms. The Morgan fingerprint density at radius 3 is 3.15 bits per heavy atom. The number of carbonyl (C=O) groups excluding carboxylic acids is 1. The van der Waals surface area contributed by atoms with Crippen molar-refractivity contribution in [2.45, 2.75) is 19.0 Å². The van der Waals surface area contributed by atoms with E-state index in [0.717, 1.165) is 26.1 Å². The van der Waals surface area contributed by atoms with Gasteiger partial charge in [-0.15, -0.1) is 16.4 Å². The summed E-state index contributed by atoms with van der Waals surface area (Å²) < 4.78 is 1.80. The van der Waals surface area contributed by atoms with Crippen molar-refractivity contribution in [2.24, 2.45) is 0 Å². The molecule has 1 amide bonds. The van der Waals surface area contributed by atoms with E-state index in [1.165, 1.54) is 10.4 Å². The number of hydrogen-bond donors (Lipinski definition) is 1. The van der Waals surface area contributed by atoms with Crippen molar-refractivity contribution in [3.63, 3.8) is 0 Å². The van der Waals surface area contributed by atoms with Crippen LogP contribution in [-0.4, -0.2) is 45.4 Å². The van der Waals surface area contributed by atoms with Crippen LogP contribution in [0.4, 0.5) is 0 Å². The standard InChI is InChI=1S/C13H15N5OS/c19-13(11-8-18(16-15-11)10-5-14-6-10)17-3-1-12-9(7-17)2-4-20-12/h2,4,8,10,14H,1,3,5-7H2. The quantitative estimate of drug-likeness (QED) is 0.883. The summed E-state index contributed by atoms with van der Waals surface area (Å²) in [6.07, 6.45) is 2.72. The summed E-state index contributed by atoms with van der Waals surface area (Å²) in [5.41, 5.74) is 1.72. The van der Waals surface area contributed by atoms with Gasteiger partial charge < -0.3 is 10.2 Å². The van der Waals surface area contributed by atoms with E-state index in [1.54, 1.807) is 22.2 Å². The number of hydrogen-bond acceptors (Lipinski definition) is 5. The Bertz CT molecular complexity index is 645. The van der Waals surface area contributed by atoms with E-state index in [1.807, 2.05) is 4.90 Å². The van der Waals surface area contributed by atoms with Crippen LogP contribution in [0.5, 0.6) is 0 Å². The predicted octanol–water partition coefficient (Wildman–Crippen LogP) is 0.682. The Balaban J connectivity index is 1.51. The minimum Gasteiger partial charge on any atom is -0.332 e. The monoisotopic (exact) mass is 289 g/mol. The first-order valence-electron chi connectivity index (χ1n) is 6.78. The number of aromatic nitrogens is 3. The fourth-order valence-electron chi connectivity index (χ4n) is 2.60. The van der Waals surface area contributed by atoms with Crippen LogP contribution in [0.2, 0.25) is 0 Å². The summed E-state index contributed by atoms with van der Waals surface area (Å²) >= 11 is 1.78. The largest absolute Gasteiger partial charge is 0.332 e. The molecule has 0 saturated carbocycles. The molecule has 2 aromatic heterocycles. The van der Waals surface area contributed by atoms with Crippen molar-refractivity contribution in [3.8, 4) is 0 Å². The lowest BCUT2D eigenvalue weighted by molar-refractivity contribution is 0.0729. The number of carbonyl (C=O) groups is 1. The minimum atomic E-state index is -0.0135. The smallest absolute Gasteiger partial charge is 0.276 e. The fraction of sp³-hybridized carbons (Fsp3) is 0.462. The molecule has 0 radical (unpaired) electrons. The molecule has 104 valence electrons. The van der Waals surface area contributed by atoms with E-state index >= 15 is 0 Å². The van der Waals surface area contributed by atoms with Gasteiger partial charge in [0, 0.05) is 31.1 Å². The highest BCUT2D eigenvalue weighted by Crippen LogP contribution is 2.24. The van der Waals surface area contributed by atoms with Crippen LogP contribution in [0.25, 0.3) is 0 Å². The Labute approximate surface area is 120 Å². The summed E-state index contributed by atoms with van der Waals surface area (Å²) in [6, 6.07) is 2.45. The molecule has 1 saturated heterocycles. The second-order valence-corrected chi connectivity index (χ2v) is 6.24. The van der Waals surface area contributed by atoms with Crippen molar-refractivity contribution in [3.05, 3.63) is 33.8 Å². The summed E-state index contributed by atoms with van der Waals surface area (Å²) in [5.74, 6) is -0.0135. The first-order valence-corrected chi connectivity index (χ1v) is 7.66. The maximum absolute atomic E-state index is 12.5. The molecule has 0 spiro atoms. The van der Waals surface area contributed by atoms with Crippen molar-refractivity contribution < 1.29 is 4.79 Å². The number of nitrogens with zero attached hydrogens (tertiary/aromatic N) is 4. The lowest BCUT2D eigenvalue weighted by Gasteiger charge is -2.27. The van der Waals surface area contributed by atoms with Gasteiger partial charge in [-0.2, -0.15) is 0 Å². The molecule has 2 aliphatic rings. The Kier molecular flexibility index (Phi) is 2.82. The van der Waals surface area contributed by atoms with Gasteiger partial charge in [-0.1, -0.05) is 5.21 Å². The minimum absolute atomic E-state index is 0.0135. The second kappa shape index (κ2) is 4.68. The number of rotatable bonds is 2. The molecule has 4 rings (SSSR count). The summed E-state index contributed by atoms with van der Waals surface area (Å²) in [7, 11) is 0. The van der Waals surface area contributed by atoms with Gasteiger partial charge in [0.05, 0.1) is 12.2 Å². The highest BCUT2D eigenvalue weighted by atomic mass is 32.1. The number of amides is 1. The van der Waals surface area contributed by atoms with Crippen molar-refractivity contribution >= 4 is 17.2 Å². The Morgan fingerprint density at radius 1 is 1.45 bits per heavy atom. The molecule has 1 N–H and O–H groups in total. The molecule has 1 fully saturated rings. The summed E-state index contributed by atoms with van der Waals surface area (Å²) in [6.45, 7) is 3.26. The average molecular weight is 289 g/mol. The molecule has 0 atom stereocenters. The van der Waals surface area contributed by atoms with Crippen LogP contribution >= 0.6 is 11.3 Å². The first-order chi connectivity index (χ1) is 9.81. The third-order valence-corrected chi connectivity index (χ3v) is 4.98. The maximum Gasteiger partial charge on any atom is 0.276 e. The third kappa shape index (κ3) is 1.94. The molecule has 0 aromatic carbocycles. The van der Waals surface area contributed by atoms with E-state index in [2.05, 4.69) is 27.1 Å². The van der Waals surface area contributed by atoms with E-state index in [-0.39, 0.29) is 5.91 Å². The SMILES string of the molecule is O=C(c1cn(C2CNC2)nn1)N1CCc2sccc2C1. The van der Waals surface area contributed by atoms with Gasteiger partial charge in [-0.05, 0) is 23.4 Å². The van der Waals surface area contributed by atoms with Crippen LogP contribution in [0.3, 0.4) is 0 Å². The highest BCUT2D eigenvalue weighted by molar-refractivity contribution is 7.10.